The number of benzene rings is 2. The molecule has 8 heteroatoms. The van der Waals surface area contributed by atoms with Crippen LogP contribution in [-0.2, 0) is 4.79 Å². The summed E-state index contributed by atoms with van der Waals surface area (Å²) < 4.78 is 0.623. The van der Waals surface area contributed by atoms with Crippen LogP contribution < -0.4 is 5.32 Å². The fourth-order valence-corrected chi connectivity index (χ4v) is 3.58. The van der Waals surface area contributed by atoms with E-state index in [0.29, 0.717) is 28.7 Å². The number of hydrogen-bond donors (Lipinski definition) is 1. The SMILES string of the molecule is O=C(NC(=Cc1ccc([N+](=O)[O-])cc1)C(=O)N1CCCCC1)c1ccccc1Br. The van der Waals surface area contributed by atoms with Crippen molar-refractivity contribution < 1.29 is 14.5 Å². The second-order valence-corrected chi connectivity index (χ2v) is 7.55. The first-order valence-corrected chi connectivity index (χ1v) is 10.1. The molecule has 1 N–H and O–H groups in total. The van der Waals surface area contributed by atoms with Gasteiger partial charge < -0.3 is 10.2 Å². The quantitative estimate of drug-likeness (QED) is 0.414. The molecule has 1 fully saturated rings. The van der Waals surface area contributed by atoms with E-state index in [2.05, 4.69) is 21.2 Å². The smallest absolute Gasteiger partial charge is 0.270 e. The lowest BCUT2D eigenvalue weighted by Gasteiger charge is -2.27. The predicted octanol–water partition coefficient (Wildman–Crippen LogP) is 4.14. The van der Waals surface area contributed by atoms with Crippen molar-refractivity contribution in [3.8, 4) is 0 Å². The third-order valence-corrected chi connectivity index (χ3v) is 5.35. The van der Waals surface area contributed by atoms with E-state index >= 15 is 0 Å². The number of likely N-dealkylation sites (tertiary alicyclic amines) is 1. The van der Waals surface area contributed by atoms with E-state index in [1.165, 1.54) is 12.1 Å². The van der Waals surface area contributed by atoms with E-state index < -0.39 is 10.8 Å². The Morgan fingerprint density at radius 3 is 2.31 bits per heavy atom. The molecule has 2 aromatic carbocycles. The summed E-state index contributed by atoms with van der Waals surface area (Å²) >= 11 is 3.35. The van der Waals surface area contributed by atoms with Crippen LogP contribution in [0.1, 0.15) is 35.2 Å². The van der Waals surface area contributed by atoms with Gasteiger partial charge in [-0.1, -0.05) is 12.1 Å². The Morgan fingerprint density at radius 1 is 1.03 bits per heavy atom. The van der Waals surface area contributed by atoms with E-state index in [4.69, 9.17) is 0 Å². The van der Waals surface area contributed by atoms with Gasteiger partial charge in [0.05, 0.1) is 10.5 Å². The standard InChI is InChI=1S/C21H20BrN3O4/c22-18-7-3-2-6-17(18)20(26)23-19(21(27)24-12-4-1-5-13-24)14-15-8-10-16(11-9-15)25(28)29/h2-3,6-11,14H,1,4-5,12-13H2,(H,23,26). The van der Waals surface area contributed by atoms with Gasteiger partial charge >= 0.3 is 0 Å². The Labute approximate surface area is 176 Å². The van der Waals surface area contributed by atoms with E-state index in [1.54, 1.807) is 47.4 Å². The molecule has 150 valence electrons. The summed E-state index contributed by atoms with van der Waals surface area (Å²) in [6.45, 7) is 1.28. The van der Waals surface area contributed by atoms with Gasteiger partial charge in [0.2, 0.25) is 0 Å². The number of nitrogens with zero attached hydrogens (tertiary/aromatic N) is 2. The number of non-ortho nitro benzene ring substituents is 1. The maximum Gasteiger partial charge on any atom is 0.270 e. The molecule has 0 atom stereocenters. The van der Waals surface area contributed by atoms with E-state index in [9.17, 15) is 19.7 Å². The Hall–Kier alpha value is -3.00. The van der Waals surface area contributed by atoms with Crippen LogP contribution in [0.15, 0.2) is 58.7 Å². The number of rotatable bonds is 5. The highest BCUT2D eigenvalue weighted by molar-refractivity contribution is 9.10. The van der Waals surface area contributed by atoms with Crippen LogP contribution in [0, 0.1) is 10.1 Å². The zero-order valence-electron chi connectivity index (χ0n) is 15.6. The van der Waals surface area contributed by atoms with Crippen LogP contribution in [-0.4, -0.2) is 34.7 Å². The van der Waals surface area contributed by atoms with Crippen LogP contribution >= 0.6 is 15.9 Å². The minimum absolute atomic E-state index is 0.0386. The second kappa shape index (κ2) is 9.47. The molecule has 0 aromatic heterocycles. The molecular weight excluding hydrogens is 438 g/mol. The number of halogens is 1. The molecule has 0 radical (unpaired) electrons. The van der Waals surface area contributed by atoms with E-state index in [0.717, 1.165) is 19.3 Å². The number of carbonyl (C=O) groups excluding carboxylic acids is 2. The van der Waals surface area contributed by atoms with Gasteiger partial charge in [-0.15, -0.1) is 0 Å². The first-order chi connectivity index (χ1) is 14.0. The minimum atomic E-state index is -0.484. The predicted molar refractivity (Wildman–Crippen MR) is 113 cm³/mol. The maximum absolute atomic E-state index is 13.1. The second-order valence-electron chi connectivity index (χ2n) is 6.69. The summed E-state index contributed by atoms with van der Waals surface area (Å²) in [6.07, 6.45) is 4.48. The molecule has 1 saturated heterocycles. The van der Waals surface area contributed by atoms with Crippen molar-refractivity contribution in [1.82, 2.24) is 10.2 Å². The number of nitro benzene ring substituents is 1. The fourth-order valence-electron chi connectivity index (χ4n) is 3.11. The van der Waals surface area contributed by atoms with Crippen LogP contribution in [0.2, 0.25) is 0 Å². The molecule has 0 bridgehead atoms. The van der Waals surface area contributed by atoms with Crippen molar-refractivity contribution in [3.63, 3.8) is 0 Å². The maximum atomic E-state index is 13.1. The van der Waals surface area contributed by atoms with Crippen molar-refractivity contribution in [2.24, 2.45) is 0 Å². The third kappa shape index (κ3) is 5.29. The fraction of sp³-hybridized carbons (Fsp3) is 0.238. The van der Waals surface area contributed by atoms with Crippen LogP contribution in [0.25, 0.3) is 6.08 Å². The van der Waals surface area contributed by atoms with Crippen molar-refractivity contribution >= 4 is 39.5 Å². The average Bonchev–Trinajstić information content (AvgIpc) is 2.74. The van der Waals surface area contributed by atoms with Gasteiger partial charge in [0, 0.05) is 29.7 Å². The van der Waals surface area contributed by atoms with Gasteiger partial charge in [-0.2, -0.15) is 0 Å². The largest absolute Gasteiger partial charge is 0.337 e. The number of amides is 2. The van der Waals surface area contributed by atoms with Gasteiger partial charge in [0.15, 0.2) is 0 Å². The molecule has 1 aliphatic rings. The number of nitrogens with one attached hydrogen (secondary N) is 1. The minimum Gasteiger partial charge on any atom is -0.337 e. The van der Waals surface area contributed by atoms with Gasteiger partial charge in [0.25, 0.3) is 17.5 Å². The molecule has 2 aromatic rings. The highest BCUT2D eigenvalue weighted by Gasteiger charge is 2.23. The molecule has 0 saturated carbocycles. The number of hydrogen-bond acceptors (Lipinski definition) is 4. The molecule has 1 heterocycles. The molecule has 0 aliphatic carbocycles. The molecule has 2 amide bonds. The van der Waals surface area contributed by atoms with Crippen molar-refractivity contribution in [2.45, 2.75) is 19.3 Å². The normalized spacial score (nSPS) is 14.4. The van der Waals surface area contributed by atoms with Gasteiger partial charge in [0.1, 0.15) is 5.70 Å². The highest BCUT2D eigenvalue weighted by atomic mass is 79.9. The Balaban J connectivity index is 1.90. The van der Waals surface area contributed by atoms with Gasteiger partial charge in [-0.25, -0.2) is 0 Å². The summed E-state index contributed by atoms with van der Waals surface area (Å²) in [6, 6.07) is 12.8. The van der Waals surface area contributed by atoms with E-state index in [1.807, 2.05) is 0 Å². The molecular formula is C21H20BrN3O4. The van der Waals surface area contributed by atoms with Crippen LogP contribution in [0.5, 0.6) is 0 Å². The Morgan fingerprint density at radius 2 is 1.69 bits per heavy atom. The molecule has 29 heavy (non-hydrogen) atoms. The number of piperidine rings is 1. The third-order valence-electron chi connectivity index (χ3n) is 4.66. The Kier molecular flexibility index (Phi) is 6.77. The summed E-state index contributed by atoms with van der Waals surface area (Å²) in [7, 11) is 0. The first kappa shape index (κ1) is 20.7. The van der Waals surface area contributed by atoms with Crippen LogP contribution in [0.4, 0.5) is 5.69 Å². The first-order valence-electron chi connectivity index (χ1n) is 9.27. The Bertz CT molecular complexity index is 951. The molecule has 1 aliphatic heterocycles. The van der Waals surface area contributed by atoms with E-state index in [-0.39, 0.29) is 17.3 Å². The zero-order chi connectivity index (χ0) is 20.8. The summed E-state index contributed by atoms with van der Waals surface area (Å²) in [5, 5.41) is 13.6. The molecule has 7 nitrogen and oxygen atoms in total. The zero-order valence-corrected chi connectivity index (χ0v) is 17.2. The molecule has 3 rings (SSSR count). The van der Waals surface area contributed by atoms with Crippen molar-refractivity contribution in [1.29, 1.82) is 0 Å². The lowest BCUT2D eigenvalue weighted by atomic mass is 10.1. The number of nitro groups is 1. The lowest BCUT2D eigenvalue weighted by molar-refractivity contribution is -0.384. The van der Waals surface area contributed by atoms with Gasteiger partial charge in [-0.05, 0) is 71.1 Å². The average molecular weight is 458 g/mol. The topological polar surface area (TPSA) is 92.5 Å². The number of carbonyl (C=O) groups is 2. The summed E-state index contributed by atoms with van der Waals surface area (Å²) in [4.78, 5) is 37.9. The summed E-state index contributed by atoms with van der Waals surface area (Å²) in [5.74, 6) is -0.667. The molecule has 0 unspecified atom stereocenters. The van der Waals surface area contributed by atoms with Crippen molar-refractivity contribution in [2.75, 3.05) is 13.1 Å². The van der Waals surface area contributed by atoms with Gasteiger partial charge in [-0.3, -0.25) is 19.7 Å². The monoisotopic (exact) mass is 457 g/mol. The molecule has 0 spiro atoms. The lowest BCUT2D eigenvalue weighted by Crippen LogP contribution is -2.41. The highest BCUT2D eigenvalue weighted by Crippen LogP contribution is 2.19. The van der Waals surface area contributed by atoms with Crippen molar-refractivity contribution in [3.05, 3.63) is 79.9 Å². The summed E-state index contributed by atoms with van der Waals surface area (Å²) in [5.41, 5.74) is 1.10. The van der Waals surface area contributed by atoms with Crippen LogP contribution in [0.3, 0.4) is 0 Å².